The molecule has 0 radical (unpaired) electrons. The zero-order chi connectivity index (χ0) is 12.9. The third kappa shape index (κ3) is 6.25. The topological polar surface area (TPSA) is 23.5 Å². The molecule has 0 aliphatic carbocycles. The highest BCUT2D eigenvalue weighted by molar-refractivity contribution is 5.52. The average molecular weight is 233 g/mol. The molecule has 17 heavy (non-hydrogen) atoms. The van der Waals surface area contributed by atoms with Crippen LogP contribution in [0.25, 0.3) is 6.08 Å². The van der Waals surface area contributed by atoms with Crippen LogP contribution in [0, 0.1) is 0 Å². The summed E-state index contributed by atoms with van der Waals surface area (Å²) in [5.74, 6) is 0. The van der Waals surface area contributed by atoms with Crippen molar-refractivity contribution in [1.82, 2.24) is 4.90 Å². The minimum absolute atomic E-state index is 0.637. The molecule has 0 aliphatic rings. The molecule has 0 bridgehead atoms. The predicted molar refractivity (Wildman–Crippen MR) is 73.9 cm³/mol. The van der Waals surface area contributed by atoms with E-state index in [1.807, 2.05) is 39.1 Å². The Morgan fingerprint density at radius 2 is 1.88 bits per heavy atom. The van der Waals surface area contributed by atoms with E-state index in [0.29, 0.717) is 6.54 Å². The van der Waals surface area contributed by atoms with Crippen molar-refractivity contribution in [2.24, 2.45) is 0 Å². The number of hydrogen-bond acceptors (Lipinski definition) is 2. The standard InChI is InChI=1S/C15H23NO/c1-13(10-14-8-6-5-7-9-14)11-16(4)12-15(2,3)17/h5-10,17H,11-12H2,1-4H3/b13-10+. The zero-order valence-electron chi connectivity index (χ0n) is 11.3. The van der Waals surface area contributed by atoms with Crippen LogP contribution in [0.1, 0.15) is 26.3 Å². The molecule has 0 amide bonds. The van der Waals surface area contributed by atoms with Gasteiger partial charge in [0.25, 0.3) is 0 Å². The van der Waals surface area contributed by atoms with Crippen molar-refractivity contribution in [3.8, 4) is 0 Å². The average Bonchev–Trinajstić information content (AvgIpc) is 2.15. The number of benzene rings is 1. The van der Waals surface area contributed by atoms with E-state index in [0.717, 1.165) is 6.54 Å². The van der Waals surface area contributed by atoms with Gasteiger partial charge in [0.05, 0.1) is 5.60 Å². The summed E-state index contributed by atoms with van der Waals surface area (Å²) in [6, 6.07) is 10.3. The van der Waals surface area contributed by atoms with Gasteiger partial charge in [-0.1, -0.05) is 42.0 Å². The van der Waals surface area contributed by atoms with Crippen molar-refractivity contribution < 1.29 is 5.11 Å². The van der Waals surface area contributed by atoms with E-state index >= 15 is 0 Å². The highest BCUT2D eigenvalue weighted by atomic mass is 16.3. The molecule has 1 aromatic rings. The molecule has 0 saturated heterocycles. The number of aliphatic hydroxyl groups is 1. The first-order valence-corrected chi connectivity index (χ1v) is 6.00. The van der Waals surface area contributed by atoms with Gasteiger partial charge in [0, 0.05) is 13.1 Å². The third-order valence-electron chi connectivity index (χ3n) is 2.39. The molecule has 1 N–H and O–H groups in total. The summed E-state index contributed by atoms with van der Waals surface area (Å²) in [7, 11) is 2.03. The molecule has 0 aromatic heterocycles. The summed E-state index contributed by atoms with van der Waals surface area (Å²) in [5.41, 5.74) is 1.88. The highest BCUT2D eigenvalue weighted by Crippen LogP contribution is 2.09. The second-order valence-electron chi connectivity index (χ2n) is 5.39. The zero-order valence-corrected chi connectivity index (χ0v) is 11.3. The molecule has 0 aliphatic heterocycles. The van der Waals surface area contributed by atoms with Gasteiger partial charge in [-0.25, -0.2) is 0 Å². The van der Waals surface area contributed by atoms with E-state index in [2.05, 4.69) is 30.0 Å². The Hall–Kier alpha value is -1.12. The van der Waals surface area contributed by atoms with E-state index in [9.17, 15) is 5.11 Å². The van der Waals surface area contributed by atoms with Crippen molar-refractivity contribution in [3.05, 3.63) is 41.5 Å². The molecule has 2 heteroatoms. The lowest BCUT2D eigenvalue weighted by Crippen LogP contribution is -2.36. The molecular weight excluding hydrogens is 210 g/mol. The predicted octanol–water partition coefficient (Wildman–Crippen LogP) is 2.79. The van der Waals surface area contributed by atoms with Crippen LogP contribution in [0.3, 0.4) is 0 Å². The van der Waals surface area contributed by atoms with Crippen molar-refractivity contribution in [1.29, 1.82) is 0 Å². The Labute approximate surface area is 105 Å². The third-order valence-corrected chi connectivity index (χ3v) is 2.39. The molecule has 94 valence electrons. The van der Waals surface area contributed by atoms with Gasteiger partial charge in [0.15, 0.2) is 0 Å². The lowest BCUT2D eigenvalue weighted by Gasteiger charge is -2.25. The number of nitrogens with zero attached hydrogens (tertiary/aromatic N) is 1. The van der Waals surface area contributed by atoms with E-state index in [-0.39, 0.29) is 0 Å². The molecule has 1 aromatic carbocycles. The Kier molecular flexibility index (Phi) is 4.91. The number of likely N-dealkylation sites (N-methyl/N-ethyl adjacent to an activating group) is 1. The van der Waals surface area contributed by atoms with Gasteiger partial charge in [0.2, 0.25) is 0 Å². The first-order valence-electron chi connectivity index (χ1n) is 6.00. The molecule has 0 saturated carbocycles. The first kappa shape index (κ1) is 13.9. The molecule has 0 heterocycles. The van der Waals surface area contributed by atoms with Gasteiger partial charge in [-0.3, -0.25) is 4.90 Å². The van der Waals surface area contributed by atoms with Crippen LogP contribution in [0.15, 0.2) is 35.9 Å². The summed E-state index contributed by atoms with van der Waals surface area (Å²) in [4.78, 5) is 2.13. The van der Waals surface area contributed by atoms with Crippen LogP contribution in [0.2, 0.25) is 0 Å². The maximum atomic E-state index is 9.73. The summed E-state index contributed by atoms with van der Waals surface area (Å²) in [6.07, 6.45) is 2.18. The number of rotatable bonds is 5. The fourth-order valence-corrected chi connectivity index (χ4v) is 2.02. The Morgan fingerprint density at radius 3 is 2.41 bits per heavy atom. The van der Waals surface area contributed by atoms with Crippen molar-refractivity contribution >= 4 is 6.08 Å². The summed E-state index contributed by atoms with van der Waals surface area (Å²) in [6.45, 7) is 7.33. The molecule has 0 fully saturated rings. The minimum atomic E-state index is -0.637. The fraction of sp³-hybridized carbons (Fsp3) is 0.467. The number of hydrogen-bond donors (Lipinski definition) is 1. The van der Waals surface area contributed by atoms with Crippen LogP contribution in [-0.2, 0) is 0 Å². The first-order chi connectivity index (χ1) is 7.87. The van der Waals surface area contributed by atoms with Gasteiger partial charge in [-0.05, 0) is 33.4 Å². The Bertz CT molecular complexity index is 362. The Morgan fingerprint density at radius 1 is 1.29 bits per heavy atom. The highest BCUT2D eigenvalue weighted by Gasteiger charge is 2.15. The van der Waals surface area contributed by atoms with Crippen LogP contribution in [0.5, 0.6) is 0 Å². The summed E-state index contributed by atoms with van der Waals surface area (Å²) < 4.78 is 0. The van der Waals surface area contributed by atoms with E-state index in [4.69, 9.17) is 0 Å². The lowest BCUT2D eigenvalue weighted by atomic mass is 10.1. The molecule has 0 spiro atoms. The monoisotopic (exact) mass is 233 g/mol. The second-order valence-corrected chi connectivity index (χ2v) is 5.39. The quantitative estimate of drug-likeness (QED) is 0.845. The van der Waals surface area contributed by atoms with Crippen molar-refractivity contribution in [2.75, 3.05) is 20.1 Å². The van der Waals surface area contributed by atoms with Gasteiger partial charge in [-0.15, -0.1) is 0 Å². The molecule has 1 rings (SSSR count). The van der Waals surface area contributed by atoms with Crippen LogP contribution < -0.4 is 0 Å². The van der Waals surface area contributed by atoms with Crippen LogP contribution in [0.4, 0.5) is 0 Å². The van der Waals surface area contributed by atoms with Crippen LogP contribution >= 0.6 is 0 Å². The van der Waals surface area contributed by atoms with E-state index in [1.165, 1.54) is 11.1 Å². The summed E-state index contributed by atoms with van der Waals surface area (Å²) >= 11 is 0. The van der Waals surface area contributed by atoms with E-state index in [1.54, 1.807) is 0 Å². The largest absolute Gasteiger partial charge is 0.389 e. The maximum Gasteiger partial charge on any atom is 0.0718 e. The normalized spacial score (nSPS) is 13.2. The van der Waals surface area contributed by atoms with Gasteiger partial charge < -0.3 is 5.11 Å². The smallest absolute Gasteiger partial charge is 0.0718 e. The van der Waals surface area contributed by atoms with Gasteiger partial charge >= 0.3 is 0 Å². The SMILES string of the molecule is C/C(=C\c1ccccc1)CN(C)CC(C)(C)O. The summed E-state index contributed by atoms with van der Waals surface area (Å²) in [5, 5.41) is 9.73. The lowest BCUT2D eigenvalue weighted by molar-refractivity contribution is 0.0473. The molecular formula is C15H23NO. The van der Waals surface area contributed by atoms with E-state index < -0.39 is 5.60 Å². The molecule has 0 atom stereocenters. The van der Waals surface area contributed by atoms with Gasteiger partial charge in [0.1, 0.15) is 0 Å². The minimum Gasteiger partial charge on any atom is -0.389 e. The van der Waals surface area contributed by atoms with Crippen LogP contribution in [-0.4, -0.2) is 35.7 Å². The van der Waals surface area contributed by atoms with Crippen molar-refractivity contribution in [3.63, 3.8) is 0 Å². The maximum absolute atomic E-state index is 9.73. The Balaban J connectivity index is 2.55. The molecule has 2 nitrogen and oxygen atoms in total. The fourth-order valence-electron chi connectivity index (χ4n) is 2.02. The second kappa shape index (κ2) is 5.99. The van der Waals surface area contributed by atoms with Crippen molar-refractivity contribution in [2.45, 2.75) is 26.4 Å². The molecule has 0 unspecified atom stereocenters. The van der Waals surface area contributed by atoms with Gasteiger partial charge in [-0.2, -0.15) is 0 Å².